The average molecular weight is 193 g/mol. The Balaban J connectivity index is 2.29. The third-order valence-electron chi connectivity index (χ3n) is 2.43. The molecule has 76 valence electrons. The van der Waals surface area contributed by atoms with Crippen molar-refractivity contribution in [3.05, 3.63) is 23.8 Å². The first-order chi connectivity index (χ1) is 6.83. The van der Waals surface area contributed by atoms with Crippen molar-refractivity contribution in [2.45, 2.75) is 25.8 Å². The fourth-order valence-corrected chi connectivity index (χ4v) is 1.71. The Labute approximate surface area is 83.8 Å². The van der Waals surface area contributed by atoms with Gasteiger partial charge in [-0.2, -0.15) is 0 Å². The van der Waals surface area contributed by atoms with Crippen LogP contribution < -0.4 is 15.2 Å². The van der Waals surface area contributed by atoms with Crippen molar-refractivity contribution in [2.24, 2.45) is 5.73 Å². The summed E-state index contributed by atoms with van der Waals surface area (Å²) in [5.41, 5.74) is 7.10. The molecule has 2 N–H and O–H groups in total. The molecule has 1 unspecified atom stereocenters. The molecule has 14 heavy (non-hydrogen) atoms. The van der Waals surface area contributed by atoms with Crippen molar-refractivity contribution >= 4 is 0 Å². The van der Waals surface area contributed by atoms with E-state index in [4.69, 9.17) is 15.2 Å². The summed E-state index contributed by atoms with van der Waals surface area (Å²) in [4.78, 5) is 0. The molecule has 2 rings (SSSR count). The topological polar surface area (TPSA) is 44.5 Å². The van der Waals surface area contributed by atoms with Crippen molar-refractivity contribution in [2.75, 3.05) is 6.79 Å². The Hall–Kier alpha value is -1.22. The number of nitrogens with two attached hydrogens (primary N) is 1. The van der Waals surface area contributed by atoms with Crippen LogP contribution in [-0.2, 0) is 0 Å². The smallest absolute Gasteiger partial charge is 0.231 e. The second kappa shape index (κ2) is 3.88. The molecule has 0 radical (unpaired) electrons. The lowest BCUT2D eigenvalue weighted by Crippen LogP contribution is -2.10. The molecule has 1 aromatic rings. The molecule has 0 saturated carbocycles. The van der Waals surface area contributed by atoms with Crippen molar-refractivity contribution in [3.63, 3.8) is 0 Å². The predicted molar refractivity (Wildman–Crippen MR) is 54.4 cm³/mol. The lowest BCUT2D eigenvalue weighted by atomic mass is 10.0. The van der Waals surface area contributed by atoms with Gasteiger partial charge in [0, 0.05) is 11.6 Å². The number of benzene rings is 1. The molecule has 1 atom stereocenters. The van der Waals surface area contributed by atoms with Crippen LogP contribution in [0.4, 0.5) is 0 Å². The zero-order chi connectivity index (χ0) is 9.97. The molecule has 3 nitrogen and oxygen atoms in total. The van der Waals surface area contributed by atoms with Gasteiger partial charge in [-0.05, 0) is 12.5 Å². The molecule has 0 aromatic heterocycles. The normalized spacial score (nSPS) is 15.6. The van der Waals surface area contributed by atoms with Gasteiger partial charge in [0.2, 0.25) is 6.79 Å². The van der Waals surface area contributed by atoms with Gasteiger partial charge in [0.15, 0.2) is 11.5 Å². The number of para-hydroxylation sites is 1. The minimum absolute atomic E-state index is 0.0525. The lowest BCUT2D eigenvalue weighted by Gasteiger charge is -2.12. The van der Waals surface area contributed by atoms with Gasteiger partial charge in [0.25, 0.3) is 0 Å². The van der Waals surface area contributed by atoms with Crippen molar-refractivity contribution in [1.82, 2.24) is 0 Å². The fourth-order valence-electron chi connectivity index (χ4n) is 1.71. The number of hydrogen-bond acceptors (Lipinski definition) is 3. The third kappa shape index (κ3) is 1.55. The third-order valence-corrected chi connectivity index (χ3v) is 2.43. The van der Waals surface area contributed by atoms with Crippen LogP contribution in [0.2, 0.25) is 0 Å². The van der Waals surface area contributed by atoms with Crippen LogP contribution in [0.15, 0.2) is 18.2 Å². The standard InChI is InChI=1S/C11H15NO2/c1-2-4-9(12)8-5-3-6-10-11(8)14-7-13-10/h3,5-6,9H,2,4,7,12H2,1H3. The van der Waals surface area contributed by atoms with Gasteiger partial charge in [0.05, 0.1) is 0 Å². The van der Waals surface area contributed by atoms with E-state index in [2.05, 4.69) is 6.92 Å². The monoisotopic (exact) mass is 193 g/mol. The van der Waals surface area contributed by atoms with Crippen molar-refractivity contribution in [1.29, 1.82) is 0 Å². The maximum atomic E-state index is 6.04. The predicted octanol–water partition coefficient (Wildman–Crippen LogP) is 2.22. The van der Waals surface area contributed by atoms with Crippen LogP contribution in [-0.4, -0.2) is 6.79 Å². The first-order valence-electron chi connectivity index (χ1n) is 4.97. The highest BCUT2D eigenvalue weighted by Gasteiger charge is 2.20. The van der Waals surface area contributed by atoms with Gasteiger partial charge in [-0.1, -0.05) is 25.5 Å². The second-order valence-corrected chi connectivity index (χ2v) is 3.48. The zero-order valence-electron chi connectivity index (χ0n) is 8.32. The minimum atomic E-state index is 0.0525. The summed E-state index contributed by atoms with van der Waals surface area (Å²) in [6, 6.07) is 5.92. The van der Waals surface area contributed by atoms with Gasteiger partial charge >= 0.3 is 0 Å². The van der Waals surface area contributed by atoms with E-state index in [1.807, 2.05) is 18.2 Å². The molecule has 0 fully saturated rings. The Morgan fingerprint density at radius 1 is 1.43 bits per heavy atom. The zero-order valence-corrected chi connectivity index (χ0v) is 8.32. The summed E-state index contributed by atoms with van der Waals surface area (Å²) < 4.78 is 10.7. The molecule has 0 bridgehead atoms. The fraction of sp³-hybridized carbons (Fsp3) is 0.455. The first-order valence-corrected chi connectivity index (χ1v) is 4.97. The molecule has 1 heterocycles. The maximum absolute atomic E-state index is 6.04. The molecule has 0 saturated heterocycles. The number of rotatable bonds is 3. The Morgan fingerprint density at radius 2 is 2.29 bits per heavy atom. The Morgan fingerprint density at radius 3 is 3.07 bits per heavy atom. The van der Waals surface area contributed by atoms with E-state index in [0.717, 1.165) is 29.9 Å². The van der Waals surface area contributed by atoms with Crippen LogP contribution in [0, 0.1) is 0 Å². The summed E-state index contributed by atoms with van der Waals surface area (Å²) in [5.74, 6) is 1.64. The number of ether oxygens (including phenoxy) is 2. The highest BCUT2D eigenvalue weighted by Crippen LogP contribution is 2.38. The molecule has 1 aromatic carbocycles. The highest BCUT2D eigenvalue weighted by molar-refractivity contribution is 5.49. The summed E-state index contributed by atoms with van der Waals surface area (Å²) >= 11 is 0. The Kier molecular flexibility index (Phi) is 2.59. The summed E-state index contributed by atoms with van der Waals surface area (Å²) in [7, 11) is 0. The molecule has 1 aliphatic rings. The molecular weight excluding hydrogens is 178 g/mol. The molecule has 0 aliphatic carbocycles. The summed E-state index contributed by atoms with van der Waals surface area (Å²) in [5, 5.41) is 0. The van der Waals surface area contributed by atoms with Crippen molar-refractivity contribution in [3.8, 4) is 11.5 Å². The van der Waals surface area contributed by atoms with E-state index in [0.29, 0.717) is 6.79 Å². The maximum Gasteiger partial charge on any atom is 0.231 e. The SMILES string of the molecule is CCCC(N)c1cccc2c1OCO2. The van der Waals surface area contributed by atoms with Crippen molar-refractivity contribution < 1.29 is 9.47 Å². The Bertz CT molecular complexity index is 325. The van der Waals surface area contributed by atoms with Gasteiger partial charge < -0.3 is 15.2 Å². The van der Waals surface area contributed by atoms with E-state index in [-0.39, 0.29) is 6.04 Å². The first kappa shape index (κ1) is 9.34. The summed E-state index contributed by atoms with van der Waals surface area (Å²) in [6.45, 7) is 2.44. The highest BCUT2D eigenvalue weighted by atomic mass is 16.7. The van der Waals surface area contributed by atoms with Crippen LogP contribution in [0.5, 0.6) is 11.5 Å². The molecule has 3 heteroatoms. The van der Waals surface area contributed by atoms with E-state index in [1.54, 1.807) is 0 Å². The number of hydrogen-bond donors (Lipinski definition) is 1. The lowest BCUT2D eigenvalue weighted by molar-refractivity contribution is 0.173. The van der Waals surface area contributed by atoms with Gasteiger partial charge in [-0.15, -0.1) is 0 Å². The van der Waals surface area contributed by atoms with Crippen LogP contribution >= 0.6 is 0 Å². The van der Waals surface area contributed by atoms with E-state index >= 15 is 0 Å². The molecular formula is C11H15NO2. The minimum Gasteiger partial charge on any atom is -0.454 e. The van der Waals surface area contributed by atoms with Gasteiger partial charge in [-0.25, -0.2) is 0 Å². The van der Waals surface area contributed by atoms with E-state index in [9.17, 15) is 0 Å². The average Bonchev–Trinajstić information content (AvgIpc) is 2.65. The van der Waals surface area contributed by atoms with Crippen LogP contribution in [0.1, 0.15) is 31.4 Å². The molecule has 1 aliphatic heterocycles. The quantitative estimate of drug-likeness (QED) is 0.800. The van der Waals surface area contributed by atoms with Gasteiger partial charge in [-0.3, -0.25) is 0 Å². The second-order valence-electron chi connectivity index (χ2n) is 3.48. The van der Waals surface area contributed by atoms with E-state index < -0.39 is 0 Å². The molecule has 0 amide bonds. The molecule has 0 spiro atoms. The largest absolute Gasteiger partial charge is 0.454 e. The van der Waals surface area contributed by atoms with Gasteiger partial charge in [0.1, 0.15) is 0 Å². The van der Waals surface area contributed by atoms with E-state index in [1.165, 1.54) is 0 Å². The van der Waals surface area contributed by atoms with Crippen LogP contribution in [0.3, 0.4) is 0 Å². The van der Waals surface area contributed by atoms with Crippen LogP contribution in [0.25, 0.3) is 0 Å². The summed E-state index contributed by atoms with van der Waals surface area (Å²) in [6.07, 6.45) is 2.05. The number of fused-ring (bicyclic) bond motifs is 1.